The van der Waals surface area contributed by atoms with Gasteiger partial charge in [-0.1, -0.05) is 0 Å². The SMILES string of the molecule is CSCCC(N)CNC(=O)OC(C)(C)C. The lowest BCUT2D eigenvalue weighted by atomic mass is 10.2. The van der Waals surface area contributed by atoms with E-state index in [4.69, 9.17) is 10.5 Å². The Labute approximate surface area is 96.3 Å². The van der Waals surface area contributed by atoms with Crippen LogP contribution >= 0.6 is 11.8 Å². The number of nitrogens with two attached hydrogens (primary N) is 1. The van der Waals surface area contributed by atoms with Crippen LogP contribution in [0.25, 0.3) is 0 Å². The standard InChI is InChI=1S/C10H22N2O2S/c1-10(2,3)14-9(13)12-7-8(11)5-6-15-4/h8H,5-7,11H2,1-4H3,(H,12,13). The van der Waals surface area contributed by atoms with Gasteiger partial charge in [0.15, 0.2) is 0 Å². The Bertz CT molecular complexity index is 192. The van der Waals surface area contributed by atoms with E-state index in [1.54, 1.807) is 11.8 Å². The van der Waals surface area contributed by atoms with E-state index in [1.807, 2.05) is 27.0 Å². The molecular formula is C10H22N2O2S. The Balaban J connectivity index is 3.62. The molecule has 1 atom stereocenters. The first-order chi connectivity index (χ1) is 6.85. The van der Waals surface area contributed by atoms with Crippen molar-refractivity contribution < 1.29 is 9.53 Å². The maximum absolute atomic E-state index is 11.2. The third-order valence-electron chi connectivity index (χ3n) is 1.60. The van der Waals surface area contributed by atoms with Gasteiger partial charge in [0.1, 0.15) is 5.60 Å². The number of rotatable bonds is 5. The molecule has 0 saturated carbocycles. The van der Waals surface area contributed by atoms with Gasteiger partial charge in [0.25, 0.3) is 0 Å². The Morgan fingerprint density at radius 1 is 1.53 bits per heavy atom. The number of alkyl carbamates (subject to hydrolysis) is 1. The molecule has 0 fully saturated rings. The summed E-state index contributed by atoms with van der Waals surface area (Å²) in [6.07, 6.45) is 2.53. The van der Waals surface area contributed by atoms with Gasteiger partial charge in [0, 0.05) is 12.6 Å². The normalized spacial score (nSPS) is 13.4. The monoisotopic (exact) mass is 234 g/mol. The summed E-state index contributed by atoms with van der Waals surface area (Å²) in [5.41, 5.74) is 5.34. The van der Waals surface area contributed by atoms with E-state index in [2.05, 4.69) is 5.32 Å². The molecule has 3 N–H and O–H groups in total. The second kappa shape index (κ2) is 6.95. The van der Waals surface area contributed by atoms with E-state index in [1.165, 1.54) is 0 Å². The smallest absolute Gasteiger partial charge is 0.407 e. The Morgan fingerprint density at radius 2 is 2.13 bits per heavy atom. The van der Waals surface area contributed by atoms with Crippen molar-refractivity contribution in [2.45, 2.75) is 38.8 Å². The predicted molar refractivity (Wildman–Crippen MR) is 65.2 cm³/mol. The Kier molecular flexibility index (Phi) is 6.76. The molecule has 15 heavy (non-hydrogen) atoms. The van der Waals surface area contributed by atoms with Crippen molar-refractivity contribution in [1.82, 2.24) is 5.32 Å². The average Bonchev–Trinajstić information content (AvgIpc) is 2.08. The van der Waals surface area contributed by atoms with Crippen LogP contribution in [0.3, 0.4) is 0 Å². The number of amides is 1. The van der Waals surface area contributed by atoms with Crippen LogP contribution < -0.4 is 11.1 Å². The fourth-order valence-electron chi connectivity index (χ4n) is 0.900. The molecule has 0 heterocycles. The van der Waals surface area contributed by atoms with Crippen molar-refractivity contribution in [3.05, 3.63) is 0 Å². The highest BCUT2D eigenvalue weighted by Crippen LogP contribution is 2.06. The zero-order valence-corrected chi connectivity index (χ0v) is 10.8. The molecule has 0 radical (unpaired) electrons. The van der Waals surface area contributed by atoms with E-state index in [9.17, 15) is 4.79 Å². The maximum atomic E-state index is 11.2. The van der Waals surface area contributed by atoms with Gasteiger partial charge in [-0.2, -0.15) is 11.8 Å². The average molecular weight is 234 g/mol. The first kappa shape index (κ1) is 14.6. The molecular weight excluding hydrogens is 212 g/mol. The van der Waals surface area contributed by atoms with Gasteiger partial charge in [-0.25, -0.2) is 4.79 Å². The first-order valence-corrected chi connectivity index (χ1v) is 6.46. The molecule has 1 unspecified atom stereocenters. The molecule has 0 aromatic rings. The summed E-state index contributed by atoms with van der Waals surface area (Å²) in [6.45, 7) is 5.97. The van der Waals surface area contributed by atoms with Gasteiger partial charge in [0.05, 0.1) is 0 Å². The van der Waals surface area contributed by atoms with Crippen molar-refractivity contribution in [1.29, 1.82) is 0 Å². The van der Waals surface area contributed by atoms with E-state index in [0.717, 1.165) is 12.2 Å². The van der Waals surface area contributed by atoms with Gasteiger partial charge in [-0.15, -0.1) is 0 Å². The van der Waals surface area contributed by atoms with Crippen molar-refractivity contribution in [2.24, 2.45) is 5.73 Å². The zero-order valence-electron chi connectivity index (χ0n) is 10.0. The number of thioether (sulfide) groups is 1. The second-order valence-electron chi connectivity index (χ2n) is 4.42. The van der Waals surface area contributed by atoms with Crippen molar-refractivity contribution in [3.8, 4) is 0 Å². The molecule has 0 aliphatic rings. The van der Waals surface area contributed by atoms with Crippen LogP contribution in [0.2, 0.25) is 0 Å². The van der Waals surface area contributed by atoms with E-state index in [0.29, 0.717) is 6.54 Å². The lowest BCUT2D eigenvalue weighted by molar-refractivity contribution is 0.0524. The second-order valence-corrected chi connectivity index (χ2v) is 5.41. The molecule has 1 amide bonds. The first-order valence-electron chi connectivity index (χ1n) is 5.06. The van der Waals surface area contributed by atoms with Crippen LogP contribution in [-0.2, 0) is 4.74 Å². The number of carbonyl (C=O) groups is 1. The molecule has 4 nitrogen and oxygen atoms in total. The van der Waals surface area contributed by atoms with Crippen LogP contribution in [0, 0.1) is 0 Å². The number of hydrogen-bond donors (Lipinski definition) is 2. The quantitative estimate of drug-likeness (QED) is 0.758. The summed E-state index contributed by atoms with van der Waals surface area (Å²) in [7, 11) is 0. The summed E-state index contributed by atoms with van der Waals surface area (Å²) in [5.74, 6) is 1.01. The van der Waals surface area contributed by atoms with E-state index in [-0.39, 0.29) is 6.04 Å². The number of hydrogen-bond acceptors (Lipinski definition) is 4. The Morgan fingerprint density at radius 3 is 2.60 bits per heavy atom. The molecule has 0 spiro atoms. The number of ether oxygens (including phenoxy) is 1. The zero-order chi connectivity index (χ0) is 11.9. The van der Waals surface area contributed by atoms with Crippen LogP contribution in [0.15, 0.2) is 0 Å². The summed E-state index contributed by atoms with van der Waals surface area (Å²) in [5, 5.41) is 2.65. The summed E-state index contributed by atoms with van der Waals surface area (Å²) >= 11 is 1.75. The molecule has 90 valence electrons. The van der Waals surface area contributed by atoms with Crippen molar-refractivity contribution >= 4 is 17.9 Å². The van der Waals surface area contributed by atoms with Gasteiger partial charge >= 0.3 is 6.09 Å². The van der Waals surface area contributed by atoms with E-state index < -0.39 is 11.7 Å². The number of carbonyl (C=O) groups excluding carboxylic acids is 1. The predicted octanol–water partition coefficient (Wildman–Crippen LogP) is 1.59. The molecule has 0 aliphatic heterocycles. The van der Waals surface area contributed by atoms with Crippen molar-refractivity contribution in [3.63, 3.8) is 0 Å². The highest BCUT2D eigenvalue weighted by atomic mass is 32.2. The molecule has 0 saturated heterocycles. The highest BCUT2D eigenvalue weighted by Gasteiger charge is 2.16. The molecule has 0 aromatic heterocycles. The Hall–Kier alpha value is -0.420. The minimum Gasteiger partial charge on any atom is -0.444 e. The van der Waals surface area contributed by atoms with Gasteiger partial charge in [0.2, 0.25) is 0 Å². The number of nitrogens with one attached hydrogen (secondary N) is 1. The minimum absolute atomic E-state index is 0.00460. The lowest BCUT2D eigenvalue weighted by Gasteiger charge is -2.20. The summed E-state index contributed by atoms with van der Waals surface area (Å²) in [6, 6.07) is 0.00460. The van der Waals surface area contributed by atoms with Gasteiger partial charge < -0.3 is 15.8 Å². The highest BCUT2D eigenvalue weighted by molar-refractivity contribution is 7.98. The van der Waals surface area contributed by atoms with Crippen LogP contribution in [0.1, 0.15) is 27.2 Å². The van der Waals surface area contributed by atoms with Crippen LogP contribution in [-0.4, -0.2) is 36.3 Å². The largest absolute Gasteiger partial charge is 0.444 e. The third-order valence-corrected chi connectivity index (χ3v) is 2.24. The van der Waals surface area contributed by atoms with Gasteiger partial charge in [-0.05, 0) is 39.2 Å². The maximum Gasteiger partial charge on any atom is 0.407 e. The van der Waals surface area contributed by atoms with E-state index >= 15 is 0 Å². The van der Waals surface area contributed by atoms with Crippen molar-refractivity contribution in [2.75, 3.05) is 18.6 Å². The van der Waals surface area contributed by atoms with Crippen LogP contribution in [0.4, 0.5) is 4.79 Å². The topological polar surface area (TPSA) is 64.3 Å². The third kappa shape index (κ3) is 9.87. The fraction of sp³-hybridized carbons (Fsp3) is 0.900. The molecule has 0 bridgehead atoms. The fourth-order valence-corrected chi connectivity index (χ4v) is 1.44. The van der Waals surface area contributed by atoms with Crippen LogP contribution in [0.5, 0.6) is 0 Å². The molecule has 0 rings (SSSR count). The molecule has 0 aromatic carbocycles. The minimum atomic E-state index is -0.451. The summed E-state index contributed by atoms with van der Waals surface area (Å²) in [4.78, 5) is 11.2. The molecule has 0 aliphatic carbocycles. The lowest BCUT2D eigenvalue weighted by Crippen LogP contribution is -2.40. The summed E-state index contributed by atoms with van der Waals surface area (Å²) < 4.78 is 5.08. The van der Waals surface area contributed by atoms with Gasteiger partial charge in [-0.3, -0.25) is 0 Å². The molecule has 5 heteroatoms.